The molecule has 3 N–H and O–H groups in total. The molecule has 1 aliphatic heterocycles. The SMILES string of the molecule is CC(NC(=O)c1ccc(NC(=O)Cc2ccc3c(c2)OCCO3)cc1)C(=O)O. The predicted octanol–water partition coefficient (Wildman–Crippen LogP) is 1.84. The van der Waals surface area contributed by atoms with Gasteiger partial charge in [0.05, 0.1) is 6.42 Å². The first-order valence-electron chi connectivity index (χ1n) is 8.74. The maximum atomic E-state index is 12.3. The van der Waals surface area contributed by atoms with Crippen molar-refractivity contribution in [2.75, 3.05) is 18.5 Å². The van der Waals surface area contributed by atoms with Crippen LogP contribution in [0.3, 0.4) is 0 Å². The van der Waals surface area contributed by atoms with Gasteiger partial charge in [0.25, 0.3) is 5.91 Å². The highest BCUT2D eigenvalue weighted by atomic mass is 16.6. The van der Waals surface area contributed by atoms with Crippen molar-refractivity contribution >= 4 is 23.5 Å². The summed E-state index contributed by atoms with van der Waals surface area (Å²) in [5.41, 5.74) is 1.63. The van der Waals surface area contributed by atoms with Crippen molar-refractivity contribution < 1.29 is 29.0 Å². The van der Waals surface area contributed by atoms with E-state index in [9.17, 15) is 14.4 Å². The molecule has 3 rings (SSSR count). The molecule has 2 aromatic carbocycles. The van der Waals surface area contributed by atoms with Crippen molar-refractivity contribution in [2.45, 2.75) is 19.4 Å². The maximum Gasteiger partial charge on any atom is 0.325 e. The van der Waals surface area contributed by atoms with Gasteiger partial charge < -0.3 is 25.2 Å². The molecule has 8 nitrogen and oxygen atoms in total. The summed E-state index contributed by atoms with van der Waals surface area (Å²) in [5.74, 6) is -0.530. The number of anilines is 1. The Morgan fingerprint density at radius 3 is 2.39 bits per heavy atom. The summed E-state index contributed by atoms with van der Waals surface area (Å²) in [4.78, 5) is 35.0. The van der Waals surface area contributed by atoms with E-state index in [4.69, 9.17) is 14.6 Å². The first-order chi connectivity index (χ1) is 13.4. The van der Waals surface area contributed by atoms with E-state index in [-0.39, 0.29) is 12.3 Å². The fourth-order valence-corrected chi connectivity index (χ4v) is 2.63. The fraction of sp³-hybridized carbons (Fsp3) is 0.250. The molecule has 146 valence electrons. The lowest BCUT2D eigenvalue weighted by molar-refractivity contribution is -0.138. The molecule has 0 saturated carbocycles. The quantitative estimate of drug-likeness (QED) is 0.700. The van der Waals surface area contributed by atoms with Gasteiger partial charge in [-0.1, -0.05) is 6.07 Å². The molecule has 8 heteroatoms. The Morgan fingerprint density at radius 1 is 1.04 bits per heavy atom. The van der Waals surface area contributed by atoms with Crippen LogP contribution >= 0.6 is 0 Å². The topological polar surface area (TPSA) is 114 Å². The minimum Gasteiger partial charge on any atom is -0.486 e. The Morgan fingerprint density at radius 2 is 1.71 bits per heavy atom. The van der Waals surface area contributed by atoms with Gasteiger partial charge in [0.1, 0.15) is 19.3 Å². The normalized spacial score (nSPS) is 13.3. The summed E-state index contributed by atoms with van der Waals surface area (Å²) in [7, 11) is 0. The number of ether oxygens (including phenoxy) is 2. The highest BCUT2D eigenvalue weighted by Gasteiger charge is 2.16. The van der Waals surface area contributed by atoms with Crippen molar-refractivity contribution in [1.82, 2.24) is 5.32 Å². The first kappa shape index (κ1) is 19.2. The predicted molar refractivity (Wildman–Crippen MR) is 101 cm³/mol. The standard InChI is InChI=1S/C20H20N2O6/c1-12(20(25)26)21-19(24)14-3-5-15(6-4-14)22-18(23)11-13-2-7-16-17(10-13)28-9-8-27-16/h2-7,10,12H,8-9,11H2,1H3,(H,21,24)(H,22,23)(H,25,26). The molecule has 1 unspecified atom stereocenters. The summed E-state index contributed by atoms with van der Waals surface area (Å²) in [6, 6.07) is 10.6. The van der Waals surface area contributed by atoms with E-state index in [0.29, 0.717) is 36.0 Å². The van der Waals surface area contributed by atoms with Crippen molar-refractivity contribution in [3.8, 4) is 11.5 Å². The Labute approximate surface area is 161 Å². The maximum absolute atomic E-state index is 12.3. The Balaban J connectivity index is 1.57. The molecular formula is C20H20N2O6. The summed E-state index contributed by atoms with van der Waals surface area (Å²) in [6.07, 6.45) is 0.162. The Hall–Kier alpha value is -3.55. The zero-order valence-electron chi connectivity index (χ0n) is 15.2. The molecule has 0 saturated heterocycles. The Kier molecular flexibility index (Phi) is 5.78. The van der Waals surface area contributed by atoms with Gasteiger partial charge in [-0.25, -0.2) is 0 Å². The van der Waals surface area contributed by atoms with Gasteiger partial charge in [-0.3, -0.25) is 14.4 Å². The third kappa shape index (κ3) is 4.79. The van der Waals surface area contributed by atoms with E-state index in [1.165, 1.54) is 19.1 Å². The van der Waals surface area contributed by atoms with Gasteiger partial charge in [0.2, 0.25) is 5.91 Å². The molecule has 0 spiro atoms. The number of amides is 2. The molecule has 28 heavy (non-hydrogen) atoms. The number of carboxylic acids is 1. The third-order valence-electron chi connectivity index (χ3n) is 4.12. The molecular weight excluding hydrogens is 364 g/mol. The summed E-state index contributed by atoms with van der Waals surface area (Å²) in [5, 5.41) is 14.0. The highest BCUT2D eigenvalue weighted by Crippen LogP contribution is 2.30. The average molecular weight is 384 g/mol. The van der Waals surface area contributed by atoms with Crippen LogP contribution in [0.15, 0.2) is 42.5 Å². The van der Waals surface area contributed by atoms with Crippen LogP contribution in [0.25, 0.3) is 0 Å². The van der Waals surface area contributed by atoms with Crippen LogP contribution in [0.5, 0.6) is 11.5 Å². The highest BCUT2D eigenvalue weighted by molar-refractivity contribution is 5.97. The van der Waals surface area contributed by atoms with E-state index in [0.717, 1.165) is 5.56 Å². The molecule has 1 atom stereocenters. The minimum atomic E-state index is -1.11. The van der Waals surface area contributed by atoms with Crippen LogP contribution in [0.1, 0.15) is 22.8 Å². The molecule has 0 fully saturated rings. The van der Waals surface area contributed by atoms with E-state index in [2.05, 4.69) is 10.6 Å². The van der Waals surface area contributed by atoms with Gasteiger partial charge >= 0.3 is 5.97 Å². The van der Waals surface area contributed by atoms with Crippen LogP contribution < -0.4 is 20.1 Å². The summed E-state index contributed by atoms with van der Waals surface area (Å²) in [6.45, 7) is 2.37. The summed E-state index contributed by atoms with van der Waals surface area (Å²) < 4.78 is 11.0. The zero-order chi connectivity index (χ0) is 20.1. The van der Waals surface area contributed by atoms with Crippen molar-refractivity contribution in [3.63, 3.8) is 0 Å². The van der Waals surface area contributed by atoms with Gasteiger partial charge in [-0.15, -0.1) is 0 Å². The van der Waals surface area contributed by atoms with E-state index >= 15 is 0 Å². The van der Waals surface area contributed by atoms with E-state index in [1.807, 2.05) is 6.07 Å². The largest absolute Gasteiger partial charge is 0.486 e. The molecule has 1 aliphatic rings. The molecule has 2 amide bonds. The van der Waals surface area contributed by atoms with E-state index < -0.39 is 17.9 Å². The van der Waals surface area contributed by atoms with Gasteiger partial charge in [0, 0.05) is 11.3 Å². The lowest BCUT2D eigenvalue weighted by Gasteiger charge is -2.18. The van der Waals surface area contributed by atoms with Crippen LogP contribution in [0, 0.1) is 0 Å². The number of rotatable bonds is 6. The Bertz CT molecular complexity index is 894. The van der Waals surface area contributed by atoms with Crippen molar-refractivity contribution in [3.05, 3.63) is 53.6 Å². The second kappa shape index (κ2) is 8.43. The van der Waals surface area contributed by atoms with Crippen LogP contribution in [-0.2, 0) is 16.0 Å². The molecule has 0 aliphatic carbocycles. The number of hydrogen-bond acceptors (Lipinski definition) is 5. The first-order valence-corrected chi connectivity index (χ1v) is 8.74. The number of nitrogens with one attached hydrogen (secondary N) is 2. The van der Waals surface area contributed by atoms with Crippen molar-refractivity contribution in [2.24, 2.45) is 0 Å². The molecule has 1 heterocycles. The number of fused-ring (bicyclic) bond motifs is 1. The number of carboxylic acid groups (broad SMARTS) is 1. The number of carbonyl (C=O) groups is 3. The average Bonchev–Trinajstić information content (AvgIpc) is 2.68. The van der Waals surface area contributed by atoms with Crippen LogP contribution in [0.4, 0.5) is 5.69 Å². The second-order valence-corrected chi connectivity index (χ2v) is 6.31. The van der Waals surface area contributed by atoms with Crippen LogP contribution in [-0.4, -0.2) is 42.1 Å². The number of hydrogen-bond donors (Lipinski definition) is 3. The lowest BCUT2D eigenvalue weighted by atomic mass is 10.1. The zero-order valence-corrected chi connectivity index (χ0v) is 15.2. The van der Waals surface area contributed by atoms with Gasteiger partial charge in [-0.2, -0.15) is 0 Å². The van der Waals surface area contributed by atoms with Crippen molar-refractivity contribution in [1.29, 1.82) is 0 Å². The van der Waals surface area contributed by atoms with Gasteiger partial charge in [0.15, 0.2) is 11.5 Å². The van der Waals surface area contributed by atoms with Gasteiger partial charge in [-0.05, 0) is 48.9 Å². The third-order valence-corrected chi connectivity index (χ3v) is 4.12. The number of aliphatic carboxylic acids is 1. The van der Waals surface area contributed by atoms with E-state index in [1.54, 1.807) is 24.3 Å². The fourth-order valence-electron chi connectivity index (χ4n) is 2.63. The second-order valence-electron chi connectivity index (χ2n) is 6.31. The molecule has 0 radical (unpaired) electrons. The summed E-state index contributed by atoms with van der Waals surface area (Å²) >= 11 is 0. The lowest BCUT2D eigenvalue weighted by Crippen LogP contribution is -2.38. The van der Waals surface area contributed by atoms with Crippen LogP contribution in [0.2, 0.25) is 0 Å². The number of benzene rings is 2. The monoisotopic (exact) mass is 384 g/mol. The number of carbonyl (C=O) groups excluding carboxylic acids is 2. The molecule has 0 aromatic heterocycles. The molecule has 2 aromatic rings. The molecule has 0 bridgehead atoms. The minimum absolute atomic E-state index is 0.162. The smallest absolute Gasteiger partial charge is 0.325 e.